The minimum atomic E-state index is 0.270. The second-order valence-electron chi connectivity index (χ2n) is 3.37. The maximum Gasteiger partial charge on any atom is 0.119 e. The zero-order valence-corrected chi connectivity index (χ0v) is 8.29. The van der Waals surface area contributed by atoms with E-state index in [0.29, 0.717) is 0 Å². The molecule has 2 heteroatoms. The highest BCUT2D eigenvalue weighted by atomic mass is 16.5. The van der Waals surface area contributed by atoms with E-state index in [-0.39, 0.29) is 6.04 Å². The molecule has 72 valence electrons. The van der Waals surface area contributed by atoms with E-state index in [2.05, 4.69) is 12.1 Å². The summed E-state index contributed by atoms with van der Waals surface area (Å²) in [4.78, 5) is 0. The monoisotopic (exact) mass is 179 g/mol. The zero-order valence-electron chi connectivity index (χ0n) is 8.29. The Balaban J connectivity index is 2.56. The van der Waals surface area contributed by atoms with Gasteiger partial charge >= 0.3 is 0 Å². The van der Waals surface area contributed by atoms with Crippen LogP contribution >= 0.6 is 0 Å². The molecular formula is C11H17NO. The summed E-state index contributed by atoms with van der Waals surface area (Å²) in [5.74, 6) is 0.919. The lowest BCUT2D eigenvalue weighted by molar-refractivity contribution is 0.414. The Morgan fingerprint density at radius 3 is 2.85 bits per heavy atom. The van der Waals surface area contributed by atoms with Crippen molar-refractivity contribution in [2.75, 3.05) is 7.11 Å². The fourth-order valence-corrected chi connectivity index (χ4v) is 1.22. The van der Waals surface area contributed by atoms with Crippen molar-refractivity contribution in [1.29, 1.82) is 0 Å². The maximum atomic E-state index is 5.68. The zero-order chi connectivity index (χ0) is 9.68. The summed E-state index contributed by atoms with van der Waals surface area (Å²) in [7, 11) is 1.69. The summed E-state index contributed by atoms with van der Waals surface area (Å²) in [5.41, 5.74) is 6.97. The van der Waals surface area contributed by atoms with Crippen molar-refractivity contribution in [2.45, 2.75) is 25.8 Å². The van der Waals surface area contributed by atoms with E-state index >= 15 is 0 Å². The van der Waals surface area contributed by atoms with Gasteiger partial charge in [0.25, 0.3) is 0 Å². The molecule has 0 aliphatic heterocycles. The Labute approximate surface area is 79.7 Å². The van der Waals surface area contributed by atoms with Gasteiger partial charge in [-0.05, 0) is 37.5 Å². The number of hydrogen-bond acceptors (Lipinski definition) is 2. The highest BCUT2D eigenvalue weighted by Crippen LogP contribution is 2.14. The molecule has 0 spiro atoms. The summed E-state index contributed by atoms with van der Waals surface area (Å²) >= 11 is 0. The van der Waals surface area contributed by atoms with Crippen molar-refractivity contribution >= 4 is 0 Å². The Bertz CT molecular complexity index is 258. The van der Waals surface area contributed by atoms with Gasteiger partial charge in [0.05, 0.1) is 7.11 Å². The Morgan fingerprint density at radius 2 is 2.23 bits per heavy atom. The highest BCUT2D eigenvalue weighted by molar-refractivity contribution is 5.28. The fraction of sp³-hybridized carbons (Fsp3) is 0.455. The van der Waals surface area contributed by atoms with Crippen LogP contribution in [0.1, 0.15) is 18.9 Å². The van der Waals surface area contributed by atoms with E-state index in [1.165, 1.54) is 5.56 Å². The lowest BCUT2D eigenvalue weighted by Gasteiger charge is -2.06. The number of methoxy groups -OCH3 is 1. The normalized spacial score (nSPS) is 12.5. The van der Waals surface area contributed by atoms with Crippen LogP contribution in [0.25, 0.3) is 0 Å². The van der Waals surface area contributed by atoms with Gasteiger partial charge in [0.2, 0.25) is 0 Å². The maximum absolute atomic E-state index is 5.68. The molecule has 1 rings (SSSR count). The first-order valence-corrected chi connectivity index (χ1v) is 4.61. The van der Waals surface area contributed by atoms with Crippen LogP contribution in [0.2, 0.25) is 0 Å². The summed E-state index contributed by atoms with van der Waals surface area (Å²) in [5, 5.41) is 0. The quantitative estimate of drug-likeness (QED) is 0.767. The van der Waals surface area contributed by atoms with Crippen LogP contribution < -0.4 is 10.5 Å². The molecule has 0 unspecified atom stereocenters. The van der Waals surface area contributed by atoms with Gasteiger partial charge in [-0.2, -0.15) is 0 Å². The number of benzene rings is 1. The summed E-state index contributed by atoms with van der Waals surface area (Å²) in [6.07, 6.45) is 2.04. The van der Waals surface area contributed by atoms with Crippen LogP contribution in [0.4, 0.5) is 0 Å². The summed E-state index contributed by atoms with van der Waals surface area (Å²) in [6, 6.07) is 8.39. The predicted molar refractivity (Wildman–Crippen MR) is 55.0 cm³/mol. The van der Waals surface area contributed by atoms with E-state index in [9.17, 15) is 0 Å². The molecule has 0 saturated carbocycles. The highest BCUT2D eigenvalue weighted by Gasteiger charge is 1.98. The number of nitrogens with two attached hydrogens (primary N) is 1. The van der Waals surface area contributed by atoms with Crippen LogP contribution in [-0.4, -0.2) is 13.2 Å². The third-order valence-corrected chi connectivity index (χ3v) is 2.02. The second kappa shape index (κ2) is 4.87. The molecule has 0 amide bonds. The smallest absolute Gasteiger partial charge is 0.119 e. The van der Waals surface area contributed by atoms with Crippen LogP contribution in [0.15, 0.2) is 24.3 Å². The Hall–Kier alpha value is -1.02. The van der Waals surface area contributed by atoms with Gasteiger partial charge in [-0.3, -0.25) is 0 Å². The van der Waals surface area contributed by atoms with Crippen molar-refractivity contribution in [3.63, 3.8) is 0 Å². The van der Waals surface area contributed by atoms with Crippen molar-refractivity contribution < 1.29 is 4.74 Å². The van der Waals surface area contributed by atoms with Gasteiger partial charge in [0.1, 0.15) is 5.75 Å². The average Bonchev–Trinajstić information content (AvgIpc) is 2.15. The fourth-order valence-electron chi connectivity index (χ4n) is 1.22. The molecule has 0 aromatic heterocycles. The molecule has 0 saturated heterocycles. The third kappa shape index (κ3) is 3.47. The molecule has 0 aliphatic carbocycles. The second-order valence-corrected chi connectivity index (χ2v) is 3.37. The number of aryl methyl sites for hydroxylation is 1. The standard InChI is InChI=1S/C11H17NO/c1-9(12)6-7-10-4-3-5-11(8-10)13-2/h3-5,8-9H,6-7,12H2,1-2H3/t9-/m0/s1. The first-order chi connectivity index (χ1) is 6.22. The van der Waals surface area contributed by atoms with Crippen LogP contribution in [0.5, 0.6) is 5.75 Å². The molecule has 1 atom stereocenters. The lowest BCUT2D eigenvalue weighted by Crippen LogP contribution is -2.15. The molecule has 0 bridgehead atoms. The molecule has 2 N–H and O–H groups in total. The van der Waals surface area contributed by atoms with Crippen molar-refractivity contribution in [1.82, 2.24) is 0 Å². The molecule has 0 aliphatic rings. The van der Waals surface area contributed by atoms with Gasteiger partial charge in [-0.25, -0.2) is 0 Å². The minimum Gasteiger partial charge on any atom is -0.497 e. The molecule has 1 aromatic rings. The third-order valence-electron chi connectivity index (χ3n) is 2.02. The van der Waals surface area contributed by atoms with Gasteiger partial charge in [0.15, 0.2) is 0 Å². The minimum absolute atomic E-state index is 0.270. The van der Waals surface area contributed by atoms with E-state index in [0.717, 1.165) is 18.6 Å². The molecule has 2 nitrogen and oxygen atoms in total. The van der Waals surface area contributed by atoms with E-state index in [1.807, 2.05) is 19.1 Å². The molecule has 0 heterocycles. The molecule has 1 aromatic carbocycles. The largest absolute Gasteiger partial charge is 0.497 e. The van der Waals surface area contributed by atoms with Gasteiger partial charge in [-0.1, -0.05) is 12.1 Å². The molecule has 13 heavy (non-hydrogen) atoms. The first kappa shape index (κ1) is 10.1. The number of ether oxygens (including phenoxy) is 1. The average molecular weight is 179 g/mol. The van der Waals surface area contributed by atoms with E-state index < -0.39 is 0 Å². The molecule has 0 radical (unpaired) electrons. The van der Waals surface area contributed by atoms with Crippen molar-refractivity contribution in [3.05, 3.63) is 29.8 Å². The summed E-state index contributed by atoms with van der Waals surface area (Å²) in [6.45, 7) is 2.03. The van der Waals surface area contributed by atoms with Gasteiger partial charge < -0.3 is 10.5 Å². The SMILES string of the molecule is COc1cccc(CC[C@H](C)N)c1. The summed E-state index contributed by atoms with van der Waals surface area (Å²) < 4.78 is 5.13. The molecular weight excluding hydrogens is 162 g/mol. The van der Waals surface area contributed by atoms with Gasteiger partial charge in [0, 0.05) is 6.04 Å². The van der Waals surface area contributed by atoms with Crippen molar-refractivity contribution in [3.8, 4) is 5.75 Å². The lowest BCUT2D eigenvalue weighted by atomic mass is 10.1. The Morgan fingerprint density at radius 1 is 1.46 bits per heavy atom. The number of hydrogen-bond donors (Lipinski definition) is 1. The van der Waals surface area contributed by atoms with E-state index in [4.69, 9.17) is 10.5 Å². The molecule has 0 fully saturated rings. The predicted octanol–water partition coefficient (Wildman–Crippen LogP) is 1.98. The van der Waals surface area contributed by atoms with E-state index in [1.54, 1.807) is 7.11 Å². The Kier molecular flexibility index (Phi) is 3.77. The van der Waals surface area contributed by atoms with Crippen LogP contribution in [-0.2, 0) is 6.42 Å². The van der Waals surface area contributed by atoms with Crippen molar-refractivity contribution in [2.24, 2.45) is 5.73 Å². The topological polar surface area (TPSA) is 35.2 Å². The first-order valence-electron chi connectivity index (χ1n) is 4.61. The van der Waals surface area contributed by atoms with Crippen LogP contribution in [0.3, 0.4) is 0 Å². The number of rotatable bonds is 4. The van der Waals surface area contributed by atoms with Gasteiger partial charge in [-0.15, -0.1) is 0 Å². The van der Waals surface area contributed by atoms with Crippen LogP contribution in [0, 0.1) is 0 Å².